The summed E-state index contributed by atoms with van der Waals surface area (Å²) in [6.07, 6.45) is 1.93. The number of likely N-dealkylation sites (tertiary alicyclic amines) is 1. The lowest BCUT2D eigenvalue weighted by molar-refractivity contribution is -0.136. The molecule has 1 aromatic carbocycles. The third-order valence-electron chi connectivity index (χ3n) is 7.26. The summed E-state index contributed by atoms with van der Waals surface area (Å²) in [5.74, 6) is -0.722. The summed E-state index contributed by atoms with van der Waals surface area (Å²) in [6, 6.07) is 6.08. The number of hydrogen-bond donors (Lipinski definition) is 2. The van der Waals surface area contributed by atoms with E-state index < -0.39 is 6.04 Å². The molecule has 148 valence electrons. The van der Waals surface area contributed by atoms with E-state index >= 15 is 0 Å². The molecule has 3 fully saturated rings. The highest BCUT2D eigenvalue weighted by atomic mass is 16.2. The zero-order valence-electron chi connectivity index (χ0n) is 16.2. The van der Waals surface area contributed by atoms with Crippen molar-refractivity contribution in [3.05, 3.63) is 34.9 Å². The molecule has 1 aromatic rings. The van der Waals surface area contributed by atoms with Crippen LogP contribution < -0.4 is 10.6 Å². The van der Waals surface area contributed by atoms with Gasteiger partial charge in [-0.1, -0.05) is 12.1 Å². The number of piperidine rings is 1. The summed E-state index contributed by atoms with van der Waals surface area (Å²) in [4.78, 5) is 40.5. The van der Waals surface area contributed by atoms with E-state index in [1.54, 1.807) is 4.90 Å². The van der Waals surface area contributed by atoms with Crippen LogP contribution in [0, 0.1) is 5.41 Å². The van der Waals surface area contributed by atoms with E-state index in [9.17, 15) is 14.4 Å². The van der Waals surface area contributed by atoms with Crippen LogP contribution in [0.3, 0.4) is 0 Å². The first-order valence-corrected chi connectivity index (χ1v) is 10.2. The molecular formula is C21H26N4O3. The summed E-state index contributed by atoms with van der Waals surface area (Å²) in [7, 11) is 0. The van der Waals surface area contributed by atoms with Gasteiger partial charge in [-0.15, -0.1) is 0 Å². The Hall–Kier alpha value is -2.25. The fraction of sp³-hybridized carbons (Fsp3) is 0.571. The van der Waals surface area contributed by atoms with Crippen molar-refractivity contribution in [3.8, 4) is 0 Å². The lowest BCUT2D eigenvalue weighted by Crippen LogP contribution is -2.58. The minimum atomic E-state index is -0.550. The molecular weight excluding hydrogens is 356 g/mol. The Balaban J connectivity index is 1.31. The van der Waals surface area contributed by atoms with Crippen molar-refractivity contribution in [2.75, 3.05) is 19.6 Å². The number of amides is 3. The average Bonchev–Trinajstić information content (AvgIpc) is 3.13. The average molecular weight is 382 g/mol. The molecule has 4 aliphatic rings. The molecule has 4 heterocycles. The van der Waals surface area contributed by atoms with Crippen molar-refractivity contribution in [1.82, 2.24) is 20.4 Å². The van der Waals surface area contributed by atoms with Gasteiger partial charge in [0.2, 0.25) is 11.8 Å². The Bertz CT molecular complexity index is 863. The Morgan fingerprint density at radius 3 is 2.71 bits per heavy atom. The summed E-state index contributed by atoms with van der Waals surface area (Å²) in [6.45, 7) is 7.01. The van der Waals surface area contributed by atoms with E-state index in [4.69, 9.17) is 0 Å². The van der Waals surface area contributed by atoms with Gasteiger partial charge in [0.1, 0.15) is 6.04 Å². The van der Waals surface area contributed by atoms with Crippen molar-refractivity contribution in [3.63, 3.8) is 0 Å². The molecule has 2 unspecified atom stereocenters. The van der Waals surface area contributed by atoms with Crippen LogP contribution in [0.1, 0.15) is 47.7 Å². The van der Waals surface area contributed by atoms with Crippen molar-refractivity contribution in [2.45, 2.75) is 51.4 Å². The van der Waals surface area contributed by atoms with Gasteiger partial charge in [0, 0.05) is 49.6 Å². The monoisotopic (exact) mass is 382 g/mol. The van der Waals surface area contributed by atoms with Crippen LogP contribution in [0.5, 0.6) is 0 Å². The van der Waals surface area contributed by atoms with E-state index in [2.05, 4.69) is 28.5 Å². The molecule has 0 bridgehead atoms. The SMILES string of the molecule is CC1N(Cc2ccc3c(c2)CN(C2CCC(=O)NC2=O)C3=O)CCC12CNC2. The summed E-state index contributed by atoms with van der Waals surface area (Å²) < 4.78 is 0. The van der Waals surface area contributed by atoms with E-state index in [-0.39, 0.29) is 24.1 Å². The fourth-order valence-corrected chi connectivity index (χ4v) is 5.25. The maximum Gasteiger partial charge on any atom is 0.255 e. The van der Waals surface area contributed by atoms with Crippen molar-refractivity contribution in [1.29, 1.82) is 0 Å². The number of imide groups is 1. The van der Waals surface area contributed by atoms with E-state index in [0.717, 1.165) is 31.7 Å². The minimum Gasteiger partial charge on any atom is -0.322 e. The van der Waals surface area contributed by atoms with Crippen LogP contribution in [-0.4, -0.2) is 59.2 Å². The number of carbonyl (C=O) groups is 3. The quantitative estimate of drug-likeness (QED) is 0.750. The third-order valence-corrected chi connectivity index (χ3v) is 7.26. The van der Waals surface area contributed by atoms with E-state index in [1.807, 2.05) is 12.1 Å². The van der Waals surface area contributed by atoms with Gasteiger partial charge in [0.05, 0.1) is 0 Å². The molecule has 0 aliphatic carbocycles. The molecule has 3 amide bonds. The highest BCUT2D eigenvalue weighted by molar-refractivity contribution is 6.05. The van der Waals surface area contributed by atoms with Gasteiger partial charge < -0.3 is 10.2 Å². The molecule has 28 heavy (non-hydrogen) atoms. The van der Waals surface area contributed by atoms with Gasteiger partial charge in [-0.25, -0.2) is 0 Å². The van der Waals surface area contributed by atoms with Crippen LogP contribution >= 0.6 is 0 Å². The number of rotatable bonds is 3. The first-order valence-electron chi connectivity index (χ1n) is 10.2. The molecule has 3 saturated heterocycles. The molecule has 2 atom stereocenters. The van der Waals surface area contributed by atoms with Crippen LogP contribution in [-0.2, 0) is 22.7 Å². The molecule has 0 radical (unpaired) electrons. The Morgan fingerprint density at radius 2 is 2.04 bits per heavy atom. The standard InChI is InChI=1S/C21H26N4O3/c1-13-21(11-22-12-21)6-7-24(13)9-14-2-3-16-15(8-14)10-25(20(16)28)17-4-5-18(26)23-19(17)27/h2-3,8,13,17,22H,4-7,9-12H2,1H3,(H,23,26,27). The highest BCUT2D eigenvalue weighted by Crippen LogP contribution is 2.40. The predicted octanol–water partition coefficient (Wildman–Crippen LogP) is 0.631. The topological polar surface area (TPSA) is 81.8 Å². The molecule has 4 aliphatic heterocycles. The molecule has 7 heteroatoms. The third kappa shape index (κ3) is 2.68. The van der Waals surface area contributed by atoms with Gasteiger partial charge in [-0.05, 0) is 43.5 Å². The molecule has 7 nitrogen and oxygen atoms in total. The molecule has 2 N–H and O–H groups in total. The van der Waals surface area contributed by atoms with Gasteiger partial charge in [0.25, 0.3) is 5.91 Å². The normalized spacial score (nSPS) is 29.2. The summed E-state index contributed by atoms with van der Waals surface area (Å²) in [5.41, 5.74) is 3.32. The predicted molar refractivity (Wildman–Crippen MR) is 102 cm³/mol. The molecule has 5 rings (SSSR count). The Morgan fingerprint density at radius 1 is 1.21 bits per heavy atom. The highest BCUT2D eigenvalue weighted by Gasteiger charge is 2.48. The zero-order valence-corrected chi connectivity index (χ0v) is 16.2. The Labute approximate surface area is 164 Å². The molecule has 0 aromatic heterocycles. The largest absolute Gasteiger partial charge is 0.322 e. The number of carbonyl (C=O) groups excluding carboxylic acids is 3. The van der Waals surface area contributed by atoms with Crippen LogP contribution in [0.25, 0.3) is 0 Å². The number of nitrogens with one attached hydrogen (secondary N) is 2. The molecule has 0 saturated carbocycles. The minimum absolute atomic E-state index is 0.106. The fourth-order valence-electron chi connectivity index (χ4n) is 5.25. The number of nitrogens with zero attached hydrogens (tertiary/aromatic N) is 2. The van der Waals surface area contributed by atoms with Gasteiger partial charge >= 0.3 is 0 Å². The smallest absolute Gasteiger partial charge is 0.255 e. The van der Waals surface area contributed by atoms with E-state index in [1.165, 1.54) is 12.0 Å². The second kappa shape index (κ2) is 6.39. The molecule has 1 spiro atoms. The van der Waals surface area contributed by atoms with Gasteiger partial charge in [-0.2, -0.15) is 0 Å². The van der Waals surface area contributed by atoms with Gasteiger partial charge in [-0.3, -0.25) is 24.6 Å². The first kappa shape index (κ1) is 17.8. The second-order valence-corrected chi connectivity index (χ2v) is 8.75. The second-order valence-electron chi connectivity index (χ2n) is 8.75. The maximum atomic E-state index is 12.8. The van der Waals surface area contributed by atoms with Gasteiger partial charge in [0.15, 0.2) is 0 Å². The number of hydrogen-bond acceptors (Lipinski definition) is 5. The van der Waals surface area contributed by atoms with Crippen molar-refractivity contribution < 1.29 is 14.4 Å². The lowest BCUT2D eigenvalue weighted by atomic mass is 9.75. The first-order chi connectivity index (χ1) is 13.5. The number of benzene rings is 1. The van der Waals surface area contributed by atoms with E-state index in [0.29, 0.717) is 30.0 Å². The maximum absolute atomic E-state index is 12.8. The van der Waals surface area contributed by atoms with Crippen LogP contribution in [0.2, 0.25) is 0 Å². The summed E-state index contributed by atoms with van der Waals surface area (Å²) in [5, 5.41) is 5.77. The lowest BCUT2D eigenvalue weighted by Gasteiger charge is -2.44. The van der Waals surface area contributed by atoms with Crippen molar-refractivity contribution >= 4 is 17.7 Å². The Kier molecular flexibility index (Phi) is 4.07. The summed E-state index contributed by atoms with van der Waals surface area (Å²) >= 11 is 0. The van der Waals surface area contributed by atoms with Crippen molar-refractivity contribution in [2.24, 2.45) is 5.41 Å². The number of fused-ring (bicyclic) bond motifs is 1. The van der Waals surface area contributed by atoms with Crippen LogP contribution in [0.15, 0.2) is 18.2 Å². The van der Waals surface area contributed by atoms with Crippen LogP contribution in [0.4, 0.5) is 0 Å². The zero-order chi connectivity index (χ0) is 19.5.